The molecule has 1 N–H and O–H groups in total. The molecule has 0 aromatic heterocycles. The molecule has 0 saturated heterocycles. The van der Waals surface area contributed by atoms with Crippen LogP contribution < -0.4 is 4.74 Å². The fourth-order valence-electron chi connectivity index (χ4n) is 1.60. The zero-order valence-electron chi connectivity index (χ0n) is 10.2. The fraction of sp³-hybridized carbons (Fsp3) is 0. The van der Waals surface area contributed by atoms with Gasteiger partial charge in [0.05, 0.1) is 9.95 Å². The van der Waals surface area contributed by atoms with Gasteiger partial charge in [-0.25, -0.2) is 4.79 Å². The van der Waals surface area contributed by atoms with Crippen LogP contribution in [0.4, 0.5) is 5.69 Å². The molecule has 2 rings (SSSR count). The third-order valence-electron chi connectivity index (χ3n) is 2.54. The van der Waals surface area contributed by atoms with E-state index in [1.54, 1.807) is 12.1 Å². The number of nitro groups is 1. The van der Waals surface area contributed by atoms with Crippen molar-refractivity contribution < 1.29 is 19.6 Å². The SMILES string of the molecule is O=C(O)c1c(Br)cccc1Oc1ccc([N+](=O)[O-])cc1Cl. The van der Waals surface area contributed by atoms with E-state index >= 15 is 0 Å². The van der Waals surface area contributed by atoms with E-state index in [4.69, 9.17) is 16.3 Å². The highest BCUT2D eigenvalue weighted by molar-refractivity contribution is 9.10. The van der Waals surface area contributed by atoms with Crippen LogP contribution in [-0.2, 0) is 0 Å². The first kappa shape index (κ1) is 15.3. The maximum absolute atomic E-state index is 11.2. The second-order valence-electron chi connectivity index (χ2n) is 3.89. The molecule has 2 aromatic rings. The number of halogens is 2. The van der Waals surface area contributed by atoms with Crippen LogP contribution in [0.2, 0.25) is 5.02 Å². The number of carbonyl (C=O) groups is 1. The van der Waals surface area contributed by atoms with Crippen LogP contribution in [0.15, 0.2) is 40.9 Å². The lowest BCUT2D eigenvalue weighted by molar-refractivity contribution is -0.384. The molecule has 0 heterocycles. The monoisotopic (exact) mass is 371 g/mol. The highest BCUT2D eigenvalue weighted by atomic mass is 79.9. The standard InChI is InChI=1S/C13H7BrClNO5/c14-8-2-1-3-11(12(8)13(17)18)21-10-5-4-7(16(19)20)6-9(10)15/h1-6H,(H,17,18). The number of nitro benzene ring substituents is 1. The topological polar surface area (TPSA) is 89.7 Å². The van der Waals surface area contributed by atoms with Gasteiger partial charge in [-0.3, -0.25) is 10.1 Å². The average molecular weight is 373 g/mol. The first-order valence-corrected chi connectivity index (χ1v) is 6.71. The van der Waals surface area contributed by atoms with Gasteiger partial charge < -0.3 is 9.84 Å². The summed E-state index contributed by atoms with van der Waals surface area (Å²) < 4.78 is 5.80. The van der Waals surface area contributed by atoms with Gasteiger partial charge in [0.2, 0.25) is 0 Å². The van der Waals surface area contributed by atoms with Crippen molar-refractivity contribution in [2.75, 3.05) is 0 Å². The van der Waals surface area contributed by atoms with E-state index in [9.17, 15) is 20.0 Å². The van der Waals surface area contributed by atoms with Gasteiger partial charge >= 0.3 is 5.97 Å². The van der Waals surface area contributed by atoms with Crippen LogP contribution in [-0.4, -0.2) is 16.0 Å². The Morgan fingerprint density at radius 1 is 1.29 bits per heavy atom. The van der Waals surface area contributed by atoms with E-state index in [0.717, 1.165) is 6.07 Å². The average Bonchev–Trinajstić information content (AvgIpc) is 2.40. The van der Waals surface area contributed by atoms with E-state index in [0.29, 0.717) is 4.47 Å². The summed E-state index contributed by atoms with van der Waals surface area (Å²) in [4.78, 5) is 21.3. The molecule has 0 aliphatic heterocycles. The van der Waals surface area contributed by atoms with Gasteiger partial charge in [0.15, 0.2) is 0 Å². The highest BCUT2D eigenvalue weighted by Crippen LogP contribution is 2.35. The summed E-state index contributed by atoms with van der Waals surface area (Å²) in [5.74, 6) is -0.967. The molecule has 21 heavy (non-hydrogen) atoms. The molecule has 0 aliphatic carbocycles. The van der Waals surface area contributed by atoms with Crippen LogP contribution in [0.5, 0.6) is 11.5 Å². The summed E-state index contributed by atoms with van der Waals surface area (Å²) in [5, 5.41) is 19.8. The minimum atomic E-state index is -1.17. The number of carboxylic acids is 1. The number of hydrogen-bond donors (Lipinski definition) is 1. The zero-order valence-corrected chi connectivity index (χ0v) is 12.6. The van der Waals surface area contributed by atoms with Crippen LogP contribution in [0, 0.1) is 10.1 Å². The predicted molar refractivity (Wildman–Crippen MR) is 79.3 cm³/mol. The van der Waals surface area contributed by atoms with Gasteiger partial charge in [-0.15, -0.1) is 0 Å². The third kappa shape index (κ3) is 3.32. The Bertz CT molecular complexity index is 734. The number of hydrogen-bond acceptors (Lipinski definition) is 4. The molecule has 0 spiro atoms. The van der Waals surface area contributed by atoms with Crippen molar-refractivity contribution in [2.24, 2.45) is 0 Å². The molecule has 0 saturated carbocycles. The molecular weight excluding hydrogens is 366 g/mol. The van der Waals surface area contributed by atoms with Crippen LogP contribution in [0.3, 0.4) is 0 Å². The maximum Gasteiger partial charge on any atom is 0.340 e. The number of nitrogens with zero attached hydrogens (tertiary/aromatic N) is 1. The van der Waals surface area contributed by atoms with Crippen molar-refractivity contribution in [3.8, 4) is 11.5 Å². The van der Waals surface area contributed by atoms with Crippen molar-refractivity contribution in [1.29, 1.82) is 0 Å². The van der Waals surface area contributed by atoms with Crippen LogP contribution >= 0.6 is 27.5 Å². The van der Waals surface area contributed by atoms with Gasteiger partial charge in [-0.05, 0) is 34.1 Å². The lowest BCUT2D eigenvalue weighted by Crippen LogP contribution is -2.01. The third-order valence-corrected chi connectivity index (χ3v) is 3.49. The van der Waals surface area contributed by atoms with E-state index in [2.05, 4.69) is 15.9 Å². The summed E-state index contributed by atoms with van der Waals surface area (Å²) in [5.41, 5.74) is -0.244. The predicted octanol–water partition coefficient (Wildman–Crippen LogP) is 4.50. The molecule has 6 nitrogen and oxygen atoms in total. The number of carboxylic acid groups (broad SMARTS) is 1. The van der Waals surface area contributed by atoms with Gasteiger partial charge in [0.1, 0.15) is 17.1 Å². The van der Waals surface area contributed by atoms with E-state index in [-0.39, 0.29) is 27.8 Å². The summed E-state index contributed by atoms with van der Waals surface area (Å²) in [6, 6.07) is 8.30. The number of benzene rings is 2. The normalized spacial score (nSPS) is 10.2. The minimum Gasteiger partial charge on any atom is -0.478 e. The molecule has 0 aliphatic rings. The summed E-state index contributed by atoms with van der Waals surface area (Å²) >= 11 is 9.03. The second-order valence-corrected chi connectivity index (χ2v) is 5.15. The summed E-state index contributed by atoms with van der Waals surface area (Å²) in [6.45, 7) is 0. The van der Waals surface area contributed by atoms with Crippen molar-refractivity contribution >= 4 is 39.2 Å². The molecule has 8 heteroatoms. The highest BCUT2D eigenvalue weighted by Gasteiger charge is 2.17. The molecule has 0 bridgehead atoms. The van der Waals surface area contributed by atoms with Crippen molar-refractivity contribution in [3.63, 3.8) is 0 Å². The largest absolute Gasteiger partial charge is 0.478 e. The van der Waals surface area contributed by atoms with E-state index in [1.807, 2.05) is 0 Å². The van der Waals surface area contributed by atoms with E-state index < -0.39 is 10.9 Å². The zero-order chi connectivity index (χ0) is 15.6. The molecule has 108 valence electrons. The molecule has 0 amide bonds. The Hall–Kier alpha value is -2.12. The molecule has 0 unspecified atom stereocenters. The Balaban J connectivity index is 2.42. The first-order chi connectivity index (χ1) is 9.90. The van der Waals surface area contributed by atoms with Crippen molar-refractivity contribution in [2.45, 2.75) is 0 Å². The van der Waals surface area contributed by atoms with Crippen molar-refractivity contribution in [3.05, 3.63) is 61.6 Å². The molecule has 0 fully saturated rings. The Labute approximate surface area is 132 Å². The Morgan fingerprint density at radius 3 is 2.57 bits per heavy atom. The van der Waals surface area contributed by atoms with Gasteiger partial charge in [-0.1, -0.05) is 17.7 Å². The number of ether oxygens (including phenoxy) is 1. The quantitative estimate of drug-likeness (QED) is 0.630. The first-order valence-electron chi connectivity index (χ1n) is 5.53. The number of rotatable bonds is 4. The molecule has 0 atom stereocenters. The fourth-order valence-corrected chi connectivity index (χ4v) is 2.33. The maximum atomic E-state index is 11.2. The molecule has 0 radical (unpaired) electrons. The number of non-ortho nitro benzene ring substituents is 1. The second kappa shape index (κ2) is 6.11. The molecular formula is C13H7BrClNO5. The van der Waals surface area contributed by atoms with Crippen molar-refractivity contribution in [1.82, 2.24) is 0 Å². The summed E-state index contributed by atoms with van der Waals surface area (Å²) in [6.07, 6.45) is 0. The number of aromatic carboxylic acids is 1. The minimum absolute atomic E-state index is 0.0144. The van der Waals surface area contributed by atoms with Crippen LogP contribution in [0.1, 0.15) is 10.4 Å². The Kier molecular flexibility index (Phi) is 4.44. The summed E-state index contributed by atoms with van der Waals surface area (Å²) in [7, 11) is 0. The van der Waals surface area contributed by atoms with Gasteiger partial charge in [0, 0.05) is 16.6 Å². The lowest BCUT2D eigenvalue weighted by Gasteiger charge is -2.11. The van der Waals surface area contributed by atoms with Crippen LogP contribution in [0.25, 0.3) is 0 Å². The molecule has 2 aromatic carbocycles. The Morgan fingerprint density at radius 2 is 2.00 bits per heavy atom. The van der Waals surface area contributed by atoms with Gasteiger partial charge in [0.25, 0.3) is 5.69 Å². The van der Waals surface area contributed by atoms with E-state index in [1.165, 1.54) is 18.2 Å². The lowest BCUT2D eigenvalue weighted by atomic mass is 10.2. The van der Waals surface area contributed by atoms with Gasteiger partial charge in [-0.2, -0.15) is 0 Å². The smallest absolute Gasteiger partial charge is 0.340 e.